The maximum atomic E-state index is 13.3. The van der Waals surface area contributed by atoms with E-state index in [1.165, 1.54) is 29.3 Å². The maximum absolute atomic E-state index is 13.3. The molecule has 4 rings (SSSR count). The standard InChI is InChI=1S/C20H19FN6O/c1-12(25-22)19-24-18(10-13-11-23-17-5-3-2-4-16(13)17)20(28)27(26-19)15-8-6-14(21)7-9-15/h2-9,11,18,23H,10,22H2,1H3,(H,24,26)/b25-12-. The van der Waals surface area contributed by atoms with Gasteiger partial charge in [-0.05, 0) is 42.8 Å². The summed E-state index contributed by atoms with van der Waals surface area (Å²) in [5, 5.41) is 6.08. The molecule has 1 aromatic heterocycles. The van der Waals surface area contributed by atoms with E-state index in [2.05, 4.69) is 20.5 Å². The number of aromatic nitrogens is 1. The number of benzene rings is 2. The van der Waals surface area contributed by atoms with Gasteiger partial charge in [0, 0.05) is 23.5 Å². The average Bonchev–Trinajstić information content (AvgIpc) is 3.12. The largest absolute Gasteiger partial charge is 0.361 e. The topological polar surface area (TPSA) is 98.9 Å². The highest BCUT2D eigenvalue weighted by Gasteiger charge is 2.32. The number of fused-ring (bicyclic) bond motifs is 1. The highest BCUT2D eigenvalue weighted by Crippen LogP contribution is 2.23. The normalized spacial score (nSPS) is 17.6. The maximum Gasteiger partial charge on any atom is 0.270 e. The van der Waals surface area contributed by atoms with Crippen molar-refractivity contribution >= 4 is 34.0 Å². The van der Waals surface area contributed by atoms with Gasteiger partial charge in [0.05, 0.1) is 5.69 Å². The number of carbonyl (C=O) groups excluding carboxylic acids is 1. The molecular formula is C20H19FN6O. The number of rotatable bonds is 4. The van der Waals surface area contributed by atoms with Gasteiger partial charge in [0.15, 0.2) is 5.84 Å². The lowest BCUT2D eigenvalue weighted by Crippen LogP contribution is -2.57. The highest BCUT2D eigenvalue weighted by atomic mass is 19.1. The van der Waals surface area contributed by atoms with E-state index in [0.29, 0.717) is 23.7 Å². The molecule has 4 N–H and O–H groups in total. The molecule has 1 unspecified atom stereocenters. The van der Waals surface area contributed by atoms with Gasteiger partial charge in [-0.3, -0.25) is 15.2 Å². The molecule has 0 bridgehead atoms. The van der Waals surface area contributed by atoms with Crippen molar-refractivity contribution in [1.82, 2.24) is 10.4 Å². The van der Waals surface area contributed by atoms with Crippen LogP contribution in [-0.2, 0) is 11.2 Å². The first-order valence-electron chi connectivity index (χ1n) is 8.80. The number of nitrogens with two attached hydrogens (primary N) is 1. The Morgan fingerprint density at radius 1 is 1.25 bits per heavy atom. The van der Waals surface area contributed by atoms with Crippen LogP contribution >= 0.6 is 0 Å². The van der Waals surface area contributed by atoms with Gasteiger partial charge in [-0.15, -0.1) is 0 Å². The zero-order chi connectivity index (χ0) is 19.7. The molecule has 8 heteroatoms. The van der Waals surface area contributed by atoms with Crippen molar-refractivity contribution < 1.29 is 9.18 Å². The minimum atomic E-state index is -0.669. The number of aromatic amines is 1. The number of nitrogens with one attached hydrogen (secondary N) is 2. The zero-order valence-corrected chi connectivity index (χ0v) is 15.2. The summed E-state index contributed by atoms with van der Waals surface area (Å²) in [5.41, 5.74) is 5.88. The summed E-state index contributed by atoms with van der Waals surface area (Å²) in [7, 11) is 0. The molecule has 142 valence electrons. The van der Waals surface area contributed by atoms with Crippen LogP contribution < -0.4 is 16.3 Å². The average molecular weight is 378 g/mol. The van der Waals surface area contributed by atoms with Crippen LogP contribution in [-0.4, -0.2) is 28.5 Å². The lowest BCUT2D eigenvalue weighted by Gasteiger charge is -2.32. The third-order valence-electron chi connectivity index (χ3n) is 4.72. The summed E-state index contributed by atoms with van der Waals surface area (Å²) in [4.78, 5) is 20.8. The Morgan fingerprint density at radius 3 is 2.75 bits per heavy atom. The fourth-order valence-corrected chi connectivity index (χ4v) is 3.21. The summed E-state index contributed by atoms with van der Waals surface area (Å²) < 4.78 is 13.3. The van der Waals surface area contributed by atoms with Crippen LogP contribution in [0.1, 0.15) is 12.5 Å². The zero-order valence-electron chi connectivity index (χ0n) is 15.2. The van der Waals surface area contributed by atoms with Crippen molar-refractivity contribution in [3.8, 4) is 0 Å². The van der Waals surface area contributed by atoms with E-state index in [4.69, 9.17) is 5.84 Å². The summed E-state index contributed by atoms with van der Waals surface area (Å²) in [6.45, 7) is 1.70. The highest BCUT2D eigenvalue weighted by molar-refractivity contribution is 6.42. The fourth-order valence-electron chi connectivity index (χ4n) is 3.21. The summed E-state index contributed by atoms with van der Waals surface area (Å²) in [5.74, 6) is 5.18. The van der Waals surface area contributed by atoms with Crippen LogP contribution in [0, 0.1) is 5.82 Å². The minimum absolute atomic E-state index is 0.245. The molecule has 2 aromatic carbocycles. The second-order valence-electron chi connectivity index (χ2n) is 6.53. The van der Waals surface area contributed by atoms with Gasteiger partial charge in [0.1, 0.15) is 17.6 Å². The SMILES string of the molecule is C/C(=N/N)C1=NC(Cc2c[nH]c3ccccc23)C(=O)N(c2ccc(F)cc2)N1. The number of hydrogen-bond donors (Lipinski definition) is 3. The molecule has 28 heavy (non-hydrogen) atoms. The van der Waals surface area contributed by atoms with Crippen molar-refractivity contribution in [1.29, 1.82) is 0 Å². The van der Waals surface area contributed by atoms with Crippen LogP contribution in [0.4, 0.5) is 10.1 Å². The second-order valence-corrected chi connectivity index (χ2v) is 6.53. The molecule has 1 atom stereocenters. The summed E-state index contributed by atoms with van der Waals surface area (Å²) in [6.07, 6.45) is 2.30. The molecule has 0 aliphatic carbocycles. The monoisotopic (exact) mass is 378 g/mol. The molecule has 1 aliphatic rings. The Kier molecular flexibility index (Phi) is 4.52. The van der Waals surface area contributed by atoms with Gasteiger partial charge in [0.2, 0.25) is 0 Å². The number of nitrogens with zero attached hydrogens (tertiary/aromatic N) is 3. The number of hydrazone groups is 1. The van der Waals surface area contributed by atoms with E-state index < -0.39 is 6.04 Å². The van der Waals surface area contributed by atoms with Crippen LogP contribution in [0.15, 0.2) is 64.8 Å². The Balaban J connectivity index is 1.71. The number of para-hydroxylation sites is 1. The molecular weight excluding hydrogens is 359 g/mol. The third-order valence-corrected chi connectivity index (χ3v) is 4.72. The predicted octanol–water partition coefficient (Wildman–Crippen LogP) is 2.50. The first-order chi connectivity index (χ1) is 13.6. The van der Waals surface area contributed by atoms with E-state index in [0.717, 1.165) is 16.5 Å². The lowest BCUT2D eigenvalue weighted by atomic mass is 10.0. The number of halogens is 1. The summed E-state index contributed by atoms with van der Waals surface area (Å²) in [6, 6.07) is 12.9. The molecule has 7 nitrogen and oxygen atoms in total. The Morgan fingerprint density at radius 2 is 2.00 bits per heavy atom. The van der Waals surface area contributed by atoms with Gasteiger partial charge < -0.3 is 10.8 Å². The quantitative estimate of drug-likeness (QED) is 0.369. The van der Waals surface area contributed by atoms with E-state index in [-0.39, 0.29) is 11.7 Å². The molecule has 3 aromatic rings. The van der Waals surface area contributed by atoms with Crippen LogP contribution in [0.25, 0.3) is 10.9 Å². The van der Waals surface area contributed by atoms with Crippen molar-refractivity contribution in [2.24, 2.45) is 15.9 Å². The van der Waals surface area contributed by atoms with Crippen molar-refractivity contribution in [2.75, 3.05) is 5.01 Å². The molecule has 0 radical (unpaired) electrons. The number of carbonyl (C=O) groups is 1. The number of amides is 1. The molecule has 2 heterocycles. The molecule has 1 amide bonds. The van der Waals surface area contributed by atoms with E-state index >= 15 is 0 Å². The number of hydrogen-bond acceptors (Lipinski definition) is 5. The van der Waals surface area contributed by atoms with Crippen LogP contribution in [0.3, 0.4) is 0 Å². The van der Waals surface area contributed by atoms with Crippen molar-refractivity contribution in [2.45, 2.75) is 19.4 Å². The van der Waals surface area contributed by atoms with Crippen LogP contribution in [0.2, 0.25) is 0 Å². The van der Waals surface area contributed by atoms with E-state index in [9.17, 15) is 9.18 Å². The number of amidine groups is 1. The molecule has 0 fully saturated rings. The number of hydrazine groups is 1. The Hall–Kier alpha value is -3.68. The lowest BCUT2D eigenvalue weighted by molar-refractivity contribution is -0.120. The van der Waals surface area contributed by atoms with Gasteiger partial charge in [-0.1, -0.05) is 18.2 Å². The molecule has 0 saturated carbocycles. The number of anilines is 1. The van der Waals surface area contributed by atoms with Crippen molar-refractivity contribution in [3.63, 3.8) is 0 Å². The first-order valence-corrected chi connectivity index (χ1v) is 8.80. The summed E-state index contributed by atoms with van der Waals surface area (Å²) >= 11 is 0. The predicted molar refractivity (Wildman–Crippen MR) is 108 cm³/mol. The van der Waals surface area contributed by atoms with Crippen molar-refractivity contribution in [3.05, 3.63) is 66.1 Å². The second kappa shape index (κ2) is 7.15. The third kappa shape index (κ3) is 3.20. The Labute approximate surface area is 160 Å². The minimum Gasteiger partial charge on any atom is -0.361 e. The van der Waals surface area contributed by atoms with E-state index in [1.807, 2.05) is 30.5 Å². The fraction of sp³-hybridized carbons (Fsp3) is 0.150. The molecule has 0 spiro atoms. The van der Waals surface area contributed by atoms with Gasteiger partial charge in [0.25, 0.3) is 5.91 Å². The number of aliphatic imine (C=N–C) groups is 1. The van der Waals surface area contributed by atoms with Crippen LogP contribution in [0.5, 0.6) is 0 Å². The van der Waals surface area contributed by atoms with Gasteiger partial charge in [-0.25, -0.2) is 9.40 Å². The molecule has 1 aliphatic heterocycles. The molecule has 0 saturated heterocycles. The van der Waals surface area contributed by atoms with Gasteiger partial charge in [-0.2, -0.15) is 5.10 Å². The smallest absolute Gasteiger partial charge is 0.270 e. The van der Waals surface area contributed by atoms with Gasteiger partial charge >= 0.3 is 0 Å². The Bertz CT molecular complexity index is 1090. The first kappa shape index (κ1) is 17.7. The van der Waals surface area contributed by atoms with E-state index in [1.54, 1.807) is 6.92 Å². The number of H-pyrrole nitrogens is 1.